The van der Waals surface area contributed by atoms with Crippen molar-refractivity contribution in [3.8, 4) is 0 Å². The van der Waals surface area contributed by atoms with Gasteiger partial charge in [0.2, 0.25) is 5.24 Å². The molecule has 1 aliphatic rings. The lowest BCUT2D eigenvalue weighted by Crippen LogP contribution is -2.46. The number of carboxylic acid groups (broad SMARTS) is 1. The molecule has 0 aliphatic carbocycles. The maximum Gasteiger partial charge on any atom is 0.364 e. The molecule has 0 saturated carbocycles. The first kappa shape index (κ1) is 29.2. The van der Waals surface area contributed by atoms with E-state index in [1.807, 2.05) is 50.2 Å². The summed E-state index contributed by atoms with van der Waals surface area (Å²) < 4.78 is 5.39. The fourth-order valence-corrected chi connectivity index (χ4v) is 5.11. The van der Waals surface area contributed by atoms with Crippen LogP contribution >= 0.6 is 23.4 Å². The molecule has 2 aromatic rings. The first-order valence-electron chi connectivity index (χ1n) is 12.1. The van der Waals surface area contributed by atoms with E-state index in [2.05, 4.69) is 16.9 Å². The number of carbonyl (C=O) groups is 3. The molecule has 1 aliphatic heterocycles. The van der Waals surface area contributed by atoms with Gasteiger partial charge in [0.05, 0.1) is 23.5 Å². The predicted octanol–water partition coefficient (Wildman–Crippen LogP) is 3.14. The van der Waals surface area contributed by atoms with Gasteiger partial charge in [-0.05, 0) is 41.8 Å². The first-order valence-corrected chi connectivity index (χ1v) is 13.5. The van der Waals surface area contributed by atoms with E-state index < -0.39 is 28.6 Å². The number of nitrogens with one attached hydrogen (secondary N) is 1. The molecule has 0 radical (unpaired) electrons. The van der Waals surface area contributed by atoms with Gasteiger partial charge in [-0.25, -0.2) is 4.79 Å². The van der Waals surface area contributed by atoms with E-state index >= 15 is 0 Å². The van der Waals surface area contributed by atoms with Crippen LogP contribution in [0.2, 0.25) is 0 Å². The highest BCUT2D eigenvalue weighted by Gasteiger charge is 2.36. The van der Waals surface area contributed by atoms with Crippen LogP contribution in [-0.4, -0.2) is 51.8 Å². The number of nitrogens with zero attached hydrogens (tertiary/aromatic N) is 1. The van der Waals surface area contributed by atoms with Gasteiger partial charge < -0.3 is 9.84 Å². The smallest absolute Gasteiger partial charge is 0.364 e. The average Bonchev–Trinajstić information content (AvgIpc) is 2.89. The highest BCUT2D eigenvalue weighted by Crippen LogP contribution is 2.28. The first-order chi connectivity index (χ1) is 18.2. The van der Waals surface area contributed by atoms with Crippen molar-refractivity contribution in [3.05, 3.63) is 87.7 Å². The molecule has 2 atom stereocenters. The molecule has 0 aromatic heterocycles. The molecule has 1 heterocycles. The van der Waals surface area contributed by atoms with E-state index in [0.29, 0.717) is 34.7 Å². The number of hydrogen-bond acceptors (Lipinski definition) is 7. The molecule has 2 aromatic carbocycles. The van der Waals surface area contributed by atoms with E-state index in [1.54, 1.807) is 18.6 Å². The van der Waals surface area contributed by atoms with Gasteiger partial charge in [-0.1, -0.05) is 43.8 Å². The molecule has 3 rings (SSSR count). The quantitative estimate of drug-likeness (QED) is 0.250. The Morgan fingerprint density at radius 1 is 1.32 bits per heavy atom. The lowest BCUT2D eigenvalue weighted by molar-refractivity contribution is -0.146. The maximum atomic E-state index is 12.9. The van der Waals surface area contributed by atoms with Gasteiger partial charge in [0.25, 0.3) is 0 Å². The Labute approximate surface area is 231 Å². The van der Waals surface area contributed by atoms with Crippen molar-refractivity contribution in [2.45, 2.75) is 38.2 Å². The van der Waals surface area contributed by atoms with E-state index in [0.717, 1.165) is 16.7 Å². The van der Waals surface area contributed by atoms with Gasteiger partial charge in [-0.15, -0.1) is 11.8 Å². The Bertz CT molecular complexity index is 1360. The lowest BCUT2D eigenvalue weighted by atomic mass is 10.0. The standard InChI is InChI=1S/C29H29ClN2O5S/c1-4-12-37-29(36)26(31-16-20-8-6-5-7-9-20)27-32-25(28(34)35)22(17-38-27)11-10-21-14-23(15-24(30)33)19(3)13-18(21)2/h5-11,13-15,26-27,31H,3-4,12,16-17H2,1-2H3/p+1/b22-11+,23-15?. The molecule has 0 spiro atoms. The third-order valence-electron chi connectivity index (χ3n) is 5.79. The summed E-state index contributed by atoms with van der Waals surface area (Å²) in [4.78, 5) is 40.8. The number of carboxylic acids is 1. The molecule has 0 saturated heterocycles. The maximum absolute atomic E-state index is 12.9. The zero-order chi connectivity index (χ0) is 27.7. The largest absolute Gasteiger partial charge is 0.476 e. The van der Waals surface area contributed by atoms with Gasteiger partial charge in [0.1, 0.15) is 11.4 Å². The highest BCUT2D eigenvalue weighted by molar-refractivity contribution is 8.00. The minimum absolute atomic E-state index is 0.103. The molecule has 198 valence electrons. The van der Waals surface area contributed by atoms with Crippen LogP contribution in [0.5, 0.6) is 0 Å². The van der Waals surface area contributed by atoms with Crippen LogP contribution in [-0.2, 0) is 25.7 Å². The van der Waals surface area contributed by atoms with Crippen LogP contribution < -0.4 is 15.8 Å². The summed E-state index contributed by atoms with van der Waals surface area (Å²) in [5.74, 6) is -1.30. The van der Waals surface area contributed by atoms with Crippen molar-refractivity contribution >= 4 is 58.9 Å². The molecular weight excluding hydrogens is 524 g/mol. The van der Waals surface area contributed by atoms with Crippen LogP contribution in [0.3, 0.4) is 0 Å². The molecule has 7 nitrogen and oxygen atoms in total. The van der Waals surface area contributed by atoms with Crippen LogP contribution in [0.15, 0.2) is 59.1 Å². The van der Waals surface area contributed by atoms with Gasteiger partial charge in [-0.3, -0.25) is 19.9 Å². The zero-order valence-electron chi connectivity index (χ0n) is 21.3. The summed E-state index contributed by atoms with van der Waals surface area (Å²) in [7, 11) is 0. The zero-order valence-corrected chi connectivity index (χ0v) is 22.8. The van der Waals surface area contributed by atoms with Crippen molar-refractivity contribution in [2.24, 2.45) is 4.99 Å². The summed E-state index contributed by atoms with van der Waals surface area (Å²) >= 11 is 6.88. The summed E-state index contributed by atoms with van der Waals surface area (Å²) in [5, 5.41) is 13.1. The number of aryl methyl sites for hydroxylation is 1. The molecule has 9 heteroatoms. The number of benzene rings is 2. The number of thioether (sulfide) groups is 1. The van der Waals surface area contributed by atoms with Gasteiger partial charge >= 0.3 is 11.9 Å². The number of carbonyl (C=O) groups excluding carboxylic acids is 2. The fourth-order valence-electron chi connectivity index (χ4n) is 3.83. The minimum Gasteiger partial charge on any atom is -0.476 e. The monoisotopic (exact) mass is 553 g/mol. The highest BCUT2D eigenvalue weighted by atomic mass is 35.5. The predicted molar refractivity (Wildman–Crippen MR) is 152 cm³/mol. The van der Waals surface area contributed by atoms with Crippen molar-refractivity contribution < 1.29 is 24.2 Å². The Morgan fingerprint density at radius 2 is 2.05 bits per heavy atom. The van der Waals surface area contributed by atoms with Crippen LogP contribution in [0.25, 0.3) is 12.7 Å². The minimum atomic E-state index is -1.18. The van der Waals surface area contributed by atoms with E-state index in [9.17, 15) is 19.5 Å². The summed E-state index contributed by atoms with van der Waals surface area (Å²) in [6.07, 6.45) is 5.45. The van der Waals surface area contributed by atoms with Crippen LogP contribution in [0.1, 0.15) is 30.0 Å². The second-order valence-electron chi connectivity index (χ2n) is 8.71. The second kappa shape index (κ2) is 14.0. The Morgan fingerprint density at radius 3 is 2.71 bits per heavy atom. The van der Waals surface area contributed by atoms with Crippen molar-refractivity contribution in [2.75, 3.05) is 12.4 Å². The number of ether oxygens (including phenoxy) is 1. The number of rotatable bonds is 11. The topological polar surface area (TPSA) is 105 Å². The van der Waals surface area contributed by atoms with Gasteiger partial charge in [-0.2, -0.15) is 0 Å². The van der Waals surface area contributed by atoms with Gasteiger partial charge in [0.15, 0.2) is 5.71 Å². The van der Waals surface area contributed by atoms with Crippen molar-refractivity contribution in [3.63, 3.8) is 0 Å². The number of aliphatic carboxylic acids is 1. The second-order valence-corrected chi connectivity index (χ2v) is 10.2. The van der Waals surface area contributed by atoms with E-state index in [1.165, 1.54) is 17.8 Å². The SMILES string of the molecule is C=c1cc(C)c([CH+]/C=C2\CSC(C(NCc3ccccc3)C(=O)OCCC)N=C2C(=O)O)cc1=CC(=O)Cl. The van der Waals surface area contributed by atoms with E-state index in [4.69, 9.17) is 16.3 Å². The molecule has 0 bridgehead atoms. The normalized spacial score (nSPS) is 17.6. The van der Waals surface area contributed by atoms with Crippen LogP contribution in [0.4, 0.5) is 0 Å². The van der Waals surface area contributed by atoms with Crippen LogP contribution in [0, 0.1) is 13.3 Å². The molecule has 2 N–H and O–H groups in total. The molecular formula is C29H30ClN2O5S+. The summed E-state index contributed by atoms with van der Waals surface area (Å²) in [6.45, 7) is 8.42. The van der Waals surface area contributed by atoms with E-state index in [-0.39, 0.29) is 12.3 Å². The average molecular weight is 554 g/mol. The Balaban J connectivity index is 1.87. The Kier molecular flexibility index (Phi) is 10.8. The number of hydrogen-bond donors (Lipinski definition) is 2. The van der Waals surface area contributed by atoms with Crippen molar-refractivity contribution in [1.82, 2.24) is 5.32 Å². The molecule has 0 amide bonds. The summed E-state index contributed by atoms with van der Waals surface area (Å²) in [5.41, 5.74) is 3.09. The number of allylic oxidation sites excluding steroid dienone is 1. The summed E-state index contributed by atoms with van der Waals surface area (Å²) in [6, 6.07) is 12.4. The van der Waals surface area contributed by atoms with Gasteiger partial charge in [0, 0.05) is 42.0 Å². The number of aliphatic imine (C=N–C) groups is 1. The fraction of sp³-hybridized carbons (Fsp3) is 0.276. The number of halogens is 1. The number of esters is 1. The molecule has 2 unspecified atom stereocenters. The lowest BCUT2D eigenvalue weighted by Gasteiger charge is -2.26. The molecule has 0 fully saturated rings. The third kappa shape index (κ3) is 8.08. The molecule has 38 heavy (non-hydrogen) atoms. The Hall–Kier alpha value is -3.33. The van der Waals surface area contributed by atoms with Crippen molar-refractivity contribution in [1.29, 1.82) is 0 Å². The third-order valence-corrected chi connectivity index (χ3v) is 7.10.